The van der Waals surface area contributed by atoms with E-state index in [-0.39, 0.29) is 22.8 Å². The summed E-state index contributed by atoms with van der Waals surface area (Å²) in [6.07, 6.45) is 0. The van der Waals surface area contributed by atoms with Gasteiger partial charge < -0.3 is 9.15 Å². The molecule has 22 heavy (non-hydrogen) atoms. The topological polar surface area (TPSA) is 92.3 Å². The fourth-order valence-corrected chi connectivity index (χ4v) is 2.17. The minimum absolute atomic E-state index is 0.0215. The number of methoxy groups -OCH3 is 1. The van der Waals surface area contributed by atoms with Crippen molar-refractivity contribution in [2.24, 2.45) is 0 Å². The van der Waals surface area contributed by atoms with Crippen LogP contribution in [0.4, 0.5) is 5.88 Å². The molecule has 0 atom stereocenters. The highest BCUT2D eigenvalue weighted by Crippen LogP contribution is 2.28. The Hall–Kier alpha value is -3.07. The fourth-order valence-electron chi connectivity index (χ4n) is 2.17. The molecule has 0 aliphatic carbocycles. The second kappa shape index (κ2) is 6.14. The zero-order chi connectivity index (χ0) is 16.3. The maximum Gasteiger partial charge on any atom is 0.261 e. The molecule has 6 heteroatoms. The van der Waals surface area contributed by atoms with Crippen LogP contribution in [-0.2, 0) is 0 Å². The summed E-state index contributed by atoms with van der Waals surface area (Å²) in [6.45, 7) is 2.90. The third kappa shape index (κ3) is 2.69. The quantitative estimate of drug-likeness (QED) is 0.876. The van der Waals surface area contributed by atoms with Crippen LogP contribution < -0.4 is 10.1 Å². The minimum atomic E-state index is -0.488. The molecular weight excluding hydrogens is 284 g/mol. The van der Waals surface area contributed by atoms with Crippen molar-refractivity contribution in [3.05, 3.63) is 46.7 Å². The van der Waals surface area contributed by atoms with Gasteiger partial charge in [-0.3, -0.25) is 14.9 Å². The van der Waals surface area contributed by atoms with E-state index < -0.39 is 5.91 Å². The van der Waals surface area contributed by atoms with Crippen LogP contribution in [0.15, 0.2) is 28.7 Å². The number of amides is 1. The number of para-hydroxylation sites is 1. The second-order valence-electron chi connectivity index (χ2n) is 4.56. The summed E-state index contributed by atoms with van der Waals surface area (Å²) in [4.78, 5) is 23.9. The van der Waals surface area contributed by atoms with E-state index in [0.29, 0.717) is 17.1 Å². The van der Waals surface area contributed by atoms with E-state index in [0.717, 1.165) is 0 Å². The zero-order valence-electron chi connectivity index (χ0n) is 12.4. The Kier molecular flexibility index (Phi) is 4.28. The molecule has 6 nitrogen and oxygen atoms in total. The highest BCUT2D eigenvalue weighted by Gasteiger charge is 2.23. The number of nitrogens with zero attached hydrogens (tertiary/aromatic N) is 1. The van der Waals surface area contributed by atoms with Crippen molar-refractivity contribution >= 4 is 17.6 Å². The molecule has 0 aliphatic rings. The summed E-state index contributed by atoms with van der Waals surface area (Å²) in [6, 6.07) is 8.55. The van der Waals surface area contributed by atoms with Gasteiger partial charge in [-0.05, 0) is 26.0 Å². The molecule has 0 saturated carbocycles. The van der Waals surface area contributed by atoms with Crippen molar-refractivity contribution in [3.8, 4) is 11.8 Å². The van der Waals surface area contributed by atoms with E-state index in [4.69, 9.17) is 9.15 Å². The smallest absolute Gasteiger partial charge is 0.261 e. The molecule has 0 radical (unpaired) electrons. The lowest BCUT2D eigenvalue weighted by atomic mass is 10.1. The molecule has 0 spiro atoms. The second-order valence-corrected chi connectivity index (χ2v) is 4.56. The number of carbonyl (C=O) groups is 2. The van der Waals surface area contributed by atoms with Crippen molar-refractivity contribution in [3.63, 3.8) is 0 Å². The maximum atomic E-state index is 12.3. The standard InChI is InChI=1S/C16H14N2O4/c1-9(19)14-10(2)22-16(12(14)8-17)18-15(20)11-6-4-5-7-13(11)21-3/h4-7H,1-3H3,(H,18,20). The first kappa shape index (κ1) is 15.3. The Morgan fingerprint density at radius 2 is 2.00 bits per heavy atom. The molecule has 1 aromatic carbocycles. The average Bonchev–Trinajstić information content (AvgIpc) is 2.82. The average molecular weight is 298 g/mol. The number of benzene rings is 1. The Labute approximate surface area is 127 Å². The number of nitrogens with one attached hydrogen (secondary N) is 1. The number of nitriles is 1. The molecule has 0 bridgehead atoms. The van der Waals surface area contributed by atoms with Crippen LogP contribution >= 0.6 is 0 Å². The van der Waals surface area contributed by atoms with Gasteiger partial charge in [0.05, 0.1) is 18.2 Å². The summed E-state index contributed by atoms with van der Waals surface area (Å²) in [5.41, 5.74) is 0.499. The number of hydrogen-bond acceptors (Lipinski definition) is 5. The van der Waals surface area contributed by atoms with Gasteiger partial charge in [-0.2, -0.15) is 5.26 Å². The van der Waals surface area contributed by atoms with Gasteiger partial charge in [-0.1, -0.05) is 12.1 Å². The van der Waals surface area contributed by atoms with E-state index in [9.17, 15) is 14.9 Å². The van der Waals surface area contributed by atoms with Crippen LogP contribution in [0.2, 0.25) is 0 Å². The molecule has 1 heterocycles. The number of Topliss-reactive ketones (excluding diaryl/α,β-unsaturated/α-hetero) is 1. The number of hydrogen-bond donors (Lipinski definition) is 1. The van der Waals surface area contributed by atoms with Gasteiger partial charge in [0.2, 0.25) is 5.88 Å². The van der Waals surface area contributed by atoms with Crippen LogP contribution in [0.3, 0.4) is 0 Å². The molecule has 1 aromatic heterocycles. The van der Waals surface area contributed by atoms with E-state index in [1.807, 2.05) is 6.07 Å². The van der Waals surface area contributed by atoms with Crippen LogP contribution in [0.5, 0.6) is 5.75 Å². The summed E-state index contributed by atoms with van der Waals surface area (Å²) in [5.74, 6) is -0.137. The third-order valence-corrected chi connectivity index (χ3v) is 3.13. The molecule has 1 amide bonds. The normalized spacial score (nSPS) is 9.91. The Morgan fingerprint density at radius 3 is 2.59 bits per heavy atom. The SMILES string of the molecule is COc1ccccc1C(=O)Nc1oc(C)c(C(C)=O)c1C#N. The van der Waals surface area contributed by atoms with Gasteiger partial charge >= 0.3 is 0 Å². The van der Waals surface area contributed by atoms with Crippen molar-refractivity contribution in [2.75, 3.05) is 12.4 Å². The van der Waals surface area contributed by atoms with E-state index in [1.165, 1.54) is 14.0 Å². The van der Waals surface area contributed by atoms with Gasteiger partial charge in [-0.15, -0.1) is 0 Å². The van der Waals surface area contributed by atoms with Crippen LogP contribution in [0.1, 0.15) is 39.0 Å². The lowest BCUT2D eigenvalue weighted by molar-refractivity contribution is 0.101. The highest BCUT2D eigenvalue weighted by atomic mass is 16.5. The van der Waals surface area contributed by atoms with Crippen molar-refractivity contribution in [1.82, 2.24) is 0 Å². The van der Waals surface area contributed by atoms with E-state index in [1.54, 1.807) is 31.2 Å². The number of rotatable bonds is 4. The van der Waals surface area contributed by atoms with Gasteiger partial charge in [-0.25, -0.2) is 0 Å². The number of ether oxygens (including phenoxy) is 1. The van der Waals surface area contributed by atoms with Crippen molar-refractivity contribution in [2.45, 2.75) is 13.8 Å². The molecule has 1 N–H and O–H groups in total. The Bertz CT molecular complexity index is 784. The lowest BCUT2D eigenvalue weighted by Crippen LogP contribution is -2.13. The molecule has 0 saturated heterocycles. The van der Waals surface area contributed by atoms with Gasteiger partial charge in [0.25, 0.3) is 5.91 Å². The highest BCUT2D eigenvalue weighted by molar-refractivity contribution is 6.07. The molecule has 0 fully saturated rings. The first-order valence-corrected chi connectivity index (χ1v) is 6.48. The monoisotopic (exact) mass is 298 g/mol. The summed E-state index contributed by atoms with van der Waals surface area (Å²) < 4.78 is 10.5. The van der Waals surface area contributed by atoms with Crippen LogP contribution in [0.25, 0.3) is 0 Å². The fraction of sp³-hybridized carbons (Fsp3) is 0.188. The Morgan fingerprint density at radius 1 is 1.32 bits per heavy atom. The van der Waals surface area contributed by atoms with Crippen LogP contribution in [-0.4, -0.2) is 18.8 Å². The Balaban J connectivity index is 2.40. The minimum Gasteiger partial charge on any atom is -0.496 e. The predicted molar refractivity (Wildman–Crippen MR) is 79.1 cm³/mol. The molecule has 112 valence electrons. The third-order valence-electron chi connectivity index (χ3n) is 3.13. The van der Waals surface area contributed by atoms with Gasteiger partial charge in [0, 0.05) is 0 Å². The summed E-state index contributed by atoms with van der Waals surface area (Å²) in [7, 11) is 1.46. The number of carbonyl (C=O) groups excluding carboxylic acids is 2. The number of ketones is 1. The van der Waals surface area contributed by atoms with Crippen molar-refractivity contribution < 1.29 is 18.7 Å². The maximum absolute atomic E-state index is 12.3. The predicted octanol–water partition coefficient (Wildman–Crippen LogP) is 2.92. The van der Waals surface area contributed by atoms with E-state index >= 15 is 0 Å². The van der Waals surface area contributed by atoms with Gasteiger partial charge in [0.1, 0.15) is 23.1 Å². The molecule has 0 aliphatic heterocycles. The number of anilines is 1. The molecule has 2 rings (SSSR count). The van der Waals surface area contributed by atoms with Gasteiger partial charge in [0.15, 0.2) is 5.78 Å². The first-order chi connectivity index (χ1) is 10.5. The van der Waals surface area contributed by atoms with E-state index in [2.05, 4.69) is 5.32 Å². The molecule has 2 aromatic rings. The number of furan rings is 1. The summed E-state index contributed by atoms with van der Waals surface area (Å²) in [5, 5.41) is 11.7. The van der Waals surface area contributed by atoms with Crippen molar-refractivity contribution in [1.29, 1.82) is 5.26 Å². The van der Waals surface area contributed by atoms with Crippen LogP contribution in [0, 0.1) is 18.3 Å². The zero-order valence-corrected chi connectivity index (χ0v) is 12.4. The lowest BCUT2D eigenvalue weighted by Gasteiger charge is -2.07. The first-order valence-electron chi connectivity index (χ1n) is 6.48. The number of aryl methyl sites for hydroxylation is 1. The summed E-state index contributed by atoms with van der Waals surface area (Å²) >= 11 is 0. The largest absolute Gasteiger partial charge is 0.496 e. The molecular formula is C16H14N2O4. The molecule has 0 unspecified atom stereocenters.